The van der Waals surface area contributed by atoms with Gasteiger partial charge < -0.3 is 34.7 Å². The predicted molar refractivity (Wildman–Crippen MR) is 263 cm³/mol. The number of halogens is 1. The standard InChI is InChI=1S/C52H63ClN6O6S/c1-35-28-45(10-13-48(35)55-40-16-22-57(23-17-40)41-18-26-64-27-19-41)66(62,63)56-51(61)46-11-8-42(30-50(46)65-44-9-12-49-37(29-44)15-21-54-49)59-25-24-58(43(33-59)34-60)32-38-14-20-52(2,3)31-47(38)36-4-6-39(53)7-5-36/h4-13,15,21,28-30,40-41,43,54-55,60H,14,16-20,22-27,31-34H2,1-3H3,(H,56,61). The number of nitrogens with zero attached hydrogens (tertiary/aromatic N) is 3. The zero-order chi connectivity index (χ0) is 46.0. The van der Waals surface area contributed by atoms with Gasteiger partial charge in [-0.15, -0.1) is 0 Å². The quantitative estimate of drug-likeness (QED) is 0.0904. The number of fused-ring (bicyclic) bond motifs is 1. The maximum Gasteiger partial charge on any atom is 0.268 e. The molecule has 0 spiro atoms. The van der Waals surface area contributed by atoms with Crippen molar-refractivity contribution >= 4 is 55.4 Å². The van der Waals surface area contributed by atoms with Crippen molar-refractivity contribution in [3.05, 3.63) is 118 Å². The summed E-state index contributed by atoms with van der Waals surface area (Å²) in [6.45, 7) is 13.0. The average molecular weight is 936 g/mol. The number of hydrogen-bond donors (Lipinski definition) is 4. The number of carbonyl (C=O) groups excluding carboxylic acids is 1. The minimum absolute atomic E-state index is 0.00568. The normalized spacial score (nSPS) is 20.4. The van der Waals surface area contributed by atoms with Crippen molar-refractivity contribution in [2.75, 3.05) is 69.3 Å². The number of aromatic amines is 1. The molecule has 66 heavy (non-hydrogen) atoms. The Morgan fingerprint density at radius 2 is 1.73 bits per heavy atom. The second kappa shape index (κ2) is 19.8. The minimum atomic E-state index is -4.26. The van der Waals surface area contributed by atoms with Gasteiger partial charge in [0.05, 0.1) is 23.1 Å². The summed E-state index contributed by atoms with van der Waals surface area (Å²) in [5.41, 5.74) is 7.67. The number of hydrogen-bond acceptors (Lipinski definition) is 10. The third kappa shape index (κ3) is 10.6. The summed E-state index contributed by atoms with van der Waals surface area (Å²) in [4.78, 5) is 24.5. The zero-order valence-electron chi connectivity index (χ0n) is 38.3. The van der Waals surface area contributed by atoms with E-state index in [2.05, 4.69) is 55.7 Å². The summed E-state index contributed by atoms with van der Waals surface area (Å²) >= 11 is 6.28. The Hall–Kier alpha value is -4.89. The fraction of sp³-hybridized carbons (Fsp3) is 0.442. The molecule has 4 N–H and O–H groups in total. The van der Waals surface area contributed by atoms with Crippen LogP contribution < -0.4 is 19.7 Å². The average Bonchev–Trinajstić information content (AvgIpc) is 3.79. The van der Waals surface area contributed by atoms with Crippen LogP contribution >= 0.6 is 11.6 Å². The molecule has 1 atom stereocenters. The van der Waals surface area contributed by atoms with Crippen molar-refractivity contribution in [1.29, 1.82) is 0 Å². The predicted octanol–water partition coefficient (Wildman–Crippen LogP) is 9.24. The van der Waals surface area contributed by atoms with Gasteiger partial charge in [-0.25, -0.2) is 13.1 Å². The Balaban J connectivity index is 0.909. The molecule has 3 aliphatic heterocycles. The van der Waals surface area contributed by atoms with E-state index in [9.17, 15) is 18.3 Å². The first kappa shape index (κ1) is 46.2. The number of amides is 1. The maximum atomic E-state index is 14.1. The highest BCUT2D eigenvalue weighted by molar-refractivity contribution is 7.90. The lowest BCUT2D eigenvalue weighted by molar-refractivity contribution is 0.0262. The first-order valence-corrected chi connectivity index (χ1v) is 25.4. The van der Waals surface area contributed by atoms with Gasteiger partial charge in [0.2, 0.25) is 0 Å². The van der Waals surface area contributed by atoms with E-state index < -0.39 is 15.9 Å². The van der Waals surface area contributed by atoms with Crippen molar-refractivity contribution < 1.29 is 27.8 Å². The van der Waals surface area contributed by atoms with Crippen LogP contribution in [0.5, 0.6) is 11.5 Å². The van der Waals surface area contributed by atoms with Gasteiger partial charge in [-0.05, 0) is 141 Å². The Bertz CT molecular complexity index is 2670. The van der Waals surface area contributed by atoms with Gasteiger partial charge in [0, 0.05) is 104 Å². The lowest BCUT2D eigenvalue weighted by atomic mass is 9.72. The van der Waals surface area contributed by atoms with Gasteiger partial charge in [0.1, 0.15) is 11.5 Å². The molecule has 0 bridgehead atoms. The Morgan fingerprint density at radius 1 is 0.939 bits per heavy atom. The first-order valence-electron chi connectivity index (χ1n) is 23.5. The summed E-state index contributed by atoms with van der Waals surface area (Å²) < 4.78 is 42.1. The number of anilines is 2. The number of likely N-dealkylation sites (tertiary alicyclic amines) is 1. The lowest BCUT2D eigenvalue weighted by Gasteiger charge is -2.43. The highest BCUT2D eigenvalue weighted by atomic mass is 35.5. The molecule has 4 aliphatic rings. The highest BCUT2D eigenvalue weighted by Gasteiger charge is 2.33. The number of sulfonamides is 1. The molecule has 1 aliphatic carbocycles. The summed E-state index contributed by atoms with van der Waals surface area (Å²) in [5.74, 6) is -0.0734. The lowest BCUT2D eigenvalue weighted by Crippen LogP contribution is -2.55. The second-order valence-electron chi connectivity index (χ2n) is 19.4. The Labute approximate surface area is 394 Å². The van der Waals surface area contributed by atoms with E-state index in [0.29, 0.717) is 30.9 Å². The summed E-state index contributed by atoms with van der Waals surface area (Å²) in [5, 5.41) is 16.1. The Kier molecular flexibility index (Phi) is 13.8. The first-order chi connectivity index (χ1) is 31.8. The molecule has 0 saturated carbocycles. The number of piperidine rings is 1. The second-order valence-corrected chi connectivity index (χ2v) is 21.5. The molecule has 4 aromatic carbocycles. The molecule has 3 saturated heterocycles. The third-order valence-electron chi connectivity index (χ3n) is 14.2. The molecule has 9 rings (SSSR count). The molecule has 4 heterocycles. The van der Waals surface area contributed by atoms with Gasteiger partial charge in [-0.3, -0.25) is 9.69 Å². The molecule has 12 nitrogen and oxygen atoms in total. The Morgan fingerprint density at radius 3 is 2.48 bits per heavy atom. The molecule has 350 valence electrons. The van der Waals surface area contributed by atoms with Crippen molar-refractivity contribution in [1.82, 2.24) is 19.5 Å². The SMILES string of the molecule is Cc1cc(S(=O)(=O)NC(=O)c2ccc(N3CCN(CC4=C(c5ccc(Cl)cc5)CC(C)(C)CC4)C(CO)C3)cc2Oc2ccc3[nH]ccc3c2)ccc1NC1CCN(C2CCOCC2)CC1. The summed E-state index contributed by atoms with van der Waals surface area (Å²) in [6.07, 6.45) is 9.13. The van der Waals surface area contributed by atoms with Crippen LogP contribution in [0.25, 0.3) is 16.5 Å². The smallest absolute Gasteiger partial charge is 0.268 e. The summed E-state index contributed by atoms with van der Waals surface area (Å²) in [6, 6.07) is 26.7. The number of H-pyrrole nitrogens is 1. The fourth-order valence-electron chi connectivity index (χ4n) is 10.3. The van der Waals surface area contributed by atoms with Crippen molar-refractivity contribution in [3.63, 3.8) is 0 Å². The molecule has 1 unspecified atom stereocenters. The number of aryl methyl sites for hydroxylation is 1. The van der Waals surface area contributed by atoms with Crippen LogP contribution in [-0.4, -0.2) is 111 Å². The minimum Gasteiger partial charge on any atom is -0.456 e. The van der Waals surface area contributed by atoms with E-state index >= 15 is 0 Å². The van der Waals surface area contributed by atoms with E-state index in [-0.39, 0.29) is 34.3 Å². The molecule has 1 aromatic heterocycles. The zero-order valence-corrected chi connectivity index (χ0v) is 39.9. The monoisotopic (exact) mass is 934 g/mol. The highest BCUT2D eigenvalue weighted by Crippen LogP contribution is 2.44. The number of aliphatic hydroxyl groups is 1. The molecule has 5 aromatic rings. The van der Waals surface area contributed by atoms with Gasteiger partial charge in [-0.2, -0.15) is 0 Å². The van der Waals surface area contributed by atoms with Crippen molar-refractivity contribution in [2.45, 2.75) is 88.7 Å². The van der Waals surface area contributed by atoms with Crippen LogP contribution in [0, 0.1) is 12.3 Å². The number of aliphatic hydroxyl groups excluding tert-OH is 1. The van der Waals surface area contributed by atoms with Crippen LogP contribution in [0.15, 0.2) is 102 Å². The maximum absolute atomic E-state index is 14.1. The number of carbonyl (C=O) groups is 1. The van der Waals surface area contributed by atoms with Gasteiger partial charge >= 0.3 is 0 Å². The summed E-state index contributed by atoms with van der Waals surface area (Å²) in [7, 11) is -4.26. The van der Waals surface area contributed by atoms with Crippen LogP contribution in [0.2, 0.25) is 5.02 Å². The van der Waals surface area contributed by atoms with Crippen LogP contribution in [-0.2, 0) is 14.8 Å². The topological polar surface area (TPSA) is 139 Å². The van der Waals surface area contributed by atoms with Crippen molar-refractivity contribution in [2.24, 2.45) is 5.41 Å². The number of benzene rings is 4. The largest absolute Gasteiger partial charge is 0.456 e. The van der Waals surface area contributed by atoms with E-state index in [0.717, 1.165) is 117 Å². The van der Waals surface area contributed by atoms with Crippen LogP contribution in [0.1, 0.15) is 80.3 Å². The van der Waals surface area contributed by atoms with Gasteiger partial charge in [-0.1, -0.05) is 43.2 Å². The molecular formula is C52H63ClN6O6S. The number of rotatable bonds is 13. The number of aromatic nitrogens is 1. The van der Waals surface area contributed by atoms with E-state index in [1.807, 2.05) is 55.6 Å². The number of nitrogens with one attached hydrogen (secondary N) is 3. The van der Waals surface area contributed by atoms with E-state index in [1.54, 1.807) is 30.3 Å². The fourth-order valence-corrected chi connectivity index (χ4v) is 11.5. The van der Waals surface area contributed by atoms with Crippen molar-refractivity contribution in [3.8, 4) is 11.5 Å². The molecule has 3 fully saturated rings. The van der Waals surface area contributed by atoms with Gasteiger partial charge in [0.25, 0.3) is 15.9 Å². The van der Waals surface area contributed by atoms with E-state index in [4.69, 9.17) is 21.1 Å². The van der Waals surface area contributed by atoms with E-state index in [1.165, 1.54) is 16.7 Å². The number of allylic oxidation sites excluding steroid dienone is 1. The van der Waals surface area contributed by atoms with Crippen LogP contribution in [0.3, 0.4) is 0 Å². The third-order valence-corrected chi connectivity index (χ3v) is 15.8. The van der Waals surface area contributed by atoms with Gasteiger partial charge in [0.15, 0.2) is 0 Å². The number of piperazine rings is 1. The molecule has 0 radical (unpaired) electrons. The molecule has 14 heteroatoms. The molecular weight excluding hydrogens is 872 g/mol. The molecule has 1 amide bonds. The number of ether oxygens (including phenoxy) is 2. The van der Waals surface area contributed by atoms with Crippen LogP contribution in [0.4, 0.5) is 11.4 Å².